The van der Waals surface area contributed by atoms with E-state index in [0.29, 0.717) is 29.1 Å². The first kappa shape index (κ1) is 19.1. The van der Waals surface area contributed by atoms with Crippen LogP contribution in [-0.4, -0.2) is 20.4 Å². The van der Waals surface area contributed by atoms with Gasteiger partial charge in [0.1, 0.15) is 17.1 Å². The molecule has 0 radical (unpaired) electrons. The summed E-state index contributed by atoms with van der Waals surface area (Å²) in [5, 5.41) is 0.600. The summed E-state index contributed by atoms with van der Waals surface area (Å²) in [7, 11) is 0. The zero-order valence-corrected chi connectivity index (χ0v) is 17.1. The normalized spacial score (nSPS) is 11.1. The van der Waals surface area contributed by atoms with Crippen LogP contribution < -0.4 is 5.56 Å². The Labute approximate surface area is 172 Å². The highest BCUT2D eigenvalue weighted by Crippen LogP contribution is 2.25. The summed E-state index contributed by atoms with van der Waals surface area (Å²) in [6.45, 7) is 4.59. The van der Waals surface area contributed by atoms with Crippen LogP contribution in [0.3, 0.4) is 0 Å². The zero-order chi connectivity index (χ0) is 20.4. The van der Waals surface area contributed by atoms with Crippen molar-refractivity contribution in [1.82, 2.24) is 14.5 Å². The van der Waals surface area contributed by atoms with Crippen LogP contribution in [0.25, 0.3) is 10.2 Å². The maximum atomic E-state index is 13.1. The van der Waals surface area contributed by atoms with Crippen molar-refractivity contribution in [3.63, 3.8) is 0 Å². The molecule has 7 heteroatoms. The molecule has 0 saturated carbocycles. The number of aromatic nitrogens is 2. The lowest BCUT2D eigenvalue weighted by Gasteiger charge is -2.22. The largest absolute Gasteiger partial charge is 0.467 e. The van der Waals surface area contributed by atoms with Crippen molar-refractivity contribution in [2.24, 2.45) is 0 Å². The topological polar surface area (TPSA) is 68.3 Å². The van der Waals surface area contributed by atoms with Gasteiger partial charge in [-0.25, -0.2) is 4.98 Å². The first-order valence-corrected chi connectivity index (χ1v) is 10.1. The van der Waals surface area contributed by atoms with Crippen LogP contribution in [0, 0.1) is 13.8 Å². The van der Waals surface area contributed by atoms with Gasteiger partial charge in [0.05, 0.1) is 24.5 Å². The summed E-state index contributed by atoms with van der Waals surface area (Å²) >= 11 is 1.50. The van der Waals surface area contributed by atoms with Crippen LogP contribution in [0.2, 0.25) is 0 Å². The summed E-state index contributed by atoms with van der Waals surface area (Å²) in [6.07, 6.45) is 3.05. The van der Waals surface area contributed by atoms with Gasteiger partial charge in [0.2, 0.25) is 5.91 Å². The Hall–Kier alpha value is -3.19. The third kappa shape index (κ3) is 4.00. The van der Waals surface area contributed by atoms with Gasteiger partial charge < -0.3 is 9.32 Å². The SMILES string of the molecule is Cc1sc2ncn(CC(=O)N(Cc3ccccc3)Cc3ccco3)c(=O)c2c1C. The van der Waals surface area contributed by atoms with Crippen LogP contribution in [0.1, 0.15) is 21.8 Å². The van der Waals surface area contributed by atoms with Crippen LogP contribution in [0.15, 0.2) is 64.3 Å². The number of hydrogen-bond acceptors (Lipinski definition) is 5. The van der Waals surface area contributed by atoms with E-state index in [1.807, 2.05) is 50.2 Å². The Balaban J connectivity index is 1.62. The van der Waals surface area contributed by atoms with E-state index in [2.05, 4.69) is 4.98 Å². The highest BCUT2D eigenvalue weighted by atomic mass is 32.1. The minimum absolute atomic E-state index is 0.0658. The van der Waals surface area contributed by atoms with E-state index in [9.17, 15) is 9.59 Å². The van der Waals surface area contributed by atoms with E-state index in [0.717, 1.165) is 16.0 Å². The number of amides is 1. The molecule has 0 bridgehead atoms. The predicted molar refractivity (Wildman–Crippen MR) is 113 cm³/mol. The van der Waals surface area contributed by atoms with E-state index < -0.39 is 0 Å². The van der Waals surface area contributed by atoms with E-state index in [1.165, 1.54) is 22.2 Å². The average Bonchev–Trinajstić information content (AvgIpc) is 3.33. The van der Waals surface area contributed by atoms with Gasteiger partial charge in [-0.3, -0.25) is 14.2 Å². The maximum absolute atomic E-state index is 13.1. The zero-order valence-electron chi connectivity index (χ0n) is 16.3. The molecule has 6 nitrogen and oxygen atoms in total. The highest BCUT2D eigenvalue weighted by Gasteiger charge is 2.19. The number of aryl methyl sites for hydroxylation is 2. The van der Waals surface area contributed by atoms with Crippen molar-refractivity contribution >= 4 is 27.5 Å². The summed E-state index contributed by atoms with van der Waals surface area (Å²) < 4.78 is 6.82. The van der Waals surface area contributed by atoms with Crippen LogP contribution in [0.5, 0.6) is 0 Å². The van der Waals surface area contributed by atoms with Crippen molar-refractivity contribution < 1.29 is 9.21 Å². The summed E-state index contributed by atoms with van der Waals surface area (Å²) in [5.41, 5.74) is 1.77. The van der Waals surface area contributed by atoms with E-state index in [4.69, 9.17) is 4.42 Å². The standard InChI is InChI=1S/C22H21N3O3S/c1-15-16(2)29-21-20(15)22(27)25(14-23-21)13-19(26)24(12-18-9-6-10-28-18)11-17-7-4-3-5-8-17/h3-10,14H,11-13H2,1-2H3. The molecule has 4 aromatic rings. The number of fused-ring (bicyclic) bond motifs is 1. The van der Waals surface area contributed by atoms with E-state index in [-0.39, 0.29) is 18.0 Å². The molecule has 0 aliphatic heterocycles. The minimum Gasteiger partial charge on any atom is -0.467 e. The maximum Gasteiger partial charge on any atom is 0.262 e. The van der Waals surface area contributed by atoms with Crippen molar-refractivity contribution in [1.29, 1.82) is 0 Å². The minimum atomic E-state index is -0.178. The van der Waals surface area contributed by atoms with Gasteiger partial charge >= 0.3 is 0 Å². The molecule has 3 heterocycles. The molecule has 0 aliphatic rings. The molecule has 0 N–H and O–H groups in total. The van der Waals surface area contributed by atoms with Gasteiger partial charge in [-0.15, -0.1) is 11.3 Å². The first-order chi connectivity index (χ1) is 14.0. The molecule has 0 fully saturated rings. The molecular formula is C22H21N3O3S. The van der Waals surface area contributed by atoms with Gasteiger partial charge in [0.25, 0.3) is 5.56 Å². The van der Waals surface area contributed by atoms with Crippen LogP contribution in [-0.2, 0) is 24.4 Å². The molecule has 0 unspecified atom stereocenters. The molecular weight excluding hydrogens is 386 g/mol. The fourth-order valence-corrected chi connectivity index (χ4v) is 4.24. The molecule has 0 saturated heterocycles. The third-order valence-electron chi connectivity index (χ3n) is 4.96. The third-order valence-corrected chi connectivity index (χ3v) is 6.07. The fraction of sp³-hybridized carbons (Fsp3) is 0.227. The molecule has 0 aliphatic carbocycles. The van der Waals surface area contributed by atoms with Gasteiger partial charge in [0.15, 0.2) is 0 Å². The molecule has 1 amide bonds. The van der Waals surface area contributed by atoms with Gasteiger partial charge in [0, 0.05) is 11.4 Å². The van der Waals surface area contributed by atoms with Gasteiger partial charge in [-0.1, -0.05) is 30.3 Å². The smallest absolute Gasteiger partial charge is 0.262 e. The monoisotopic (exact) mass is 407 g/mol. The predicted octanol–water partition coefficient (Wildman–Crippen LogP) is 3.90. The van der Waals surface area contributed by atoms with E-state index in [1.54, 1.807) is 17.2 Å². The summed E-state index contributed by atoms with van der Waals surface area (Å²) in [5.74, 6) is 0.526. The Morgan fingerprint density at radius 2 is 1.93 bits per heavy atom. The lowest BCUT2D eigenvalue weighted by molar-refractivity contribution is -0.133. The Morgan fingerprint density at radius 3 is 2.66 bits per heavy atom. The number of carbonyl (C=O) groups is 1. The second kappa shape index (κ2) is 8.05. The number of rotatable bonds is 6. The second-order valence-corrected chi connectivity index (χ2v) is 8.16. The number of hydrogen-bond donors (Lipinski definition) is 0. The second-order valence-electron chi connectivity index (χ2n) is 6.96. The number of benzene rings is 1. The van der Waals surface area contributed by atoms with Crippen molar-refractivity contribution in [3.8, 4) is 0 Å². The van der Waals surface area contributed by atoms with Crippen molar-refractivity contribution in [2.45, 2.75) is 33.5 Å². The molecule has 0 spiro atoms. The Bertz CT molecular complexity index is 1190. The lowest BCUT2D eigenvalue weighted by Crippen LogP contribution is -2.35. The Morgan fingerprint density at radius 1 is 1.14 bits per heavy atom. The summed E-state index contributed by atoms with van der Waals surface area (Å²) in [4.78, 5) is 33.9. The molecule has 148 valence electrons. The fourth-order valence-electron chi connectivity index (χ4n) is 3.26. The quantitative estimate of drug-likeness (QED) is 0.486. The van der Waals surface area contributed by atoms with Crippen molar-refractivity contribution in [3.05, 3.63) is 87.2 Å². The summed E-state index contributed by atoms with van der Waals surface area (Å²) in [6, 6.07) is 13.4. The van der Waals surface area contributed by atoms with Gasteiger partial charge in [-0.05, 0) is 37.1 Å². The van der Waals surface area contributed by atoms with E-state index >= 15 is 0 Å². The number of thiophene rings is 1. The molecule has 3 aromatic heterocycles. The number of nitrogens with zero attached hydrogens (tertiary/aromatic N) is 3. The van der Waals surface area contributed by atoms with Crippen LogP contribution >= 0.6 is 11.3 Å². The van der Waals surface area contributed by atoms with Crippen LogP contribution in [0.4, 0.5) is 0 Å². The van der Waals surface area contributed by atoms with Crippen molar-refractivity contribution in [2.75, 3.05) is 0 Å². The number of furan rings is 1. The lowest BCUT2D eigenvalue weighted by atomic mass is 10.2. The molecule has 4 rings (SSSR count). The molecule has 0 atom stereocenters. The first-order valence-electron chi connectivity index (χ1n) is 9.32. The Kier molecular flexibility index (Phi) is 5.31. The number of carbonyl (C=O) groups excluding carboxylic acids is 1. The average molecular weight is 407 g/mol. The molecule has 1 aromatic carbocycles. The highest BCUT2D eigenvalue weighted by molar-refractivity contribution is 7.18. The van der Waals surface area contributed by atoms with Gasteiger partial charge in [-0.2, -0.15) is 0 Å². The molecule has 29 heavy (non-hydrogen) atoms.